The van der Waals surface area contributed by atoms with Crippen molar-refractivity contribution in [2.45, 2.75) is 0 Å². The fourth-order valence-corrected chi connectivity index (χ4v) is 0.518. The number of aliphatic hydroxyl groups excluding tert-OH is 1. The van der Waals surface area contributed by atoms with Crippen molar-refractivity contribution in [3.8, 4) is 0 Å². The summed E-state index contributed by atoms with van der Waals surface area (Å²) in [5, 5.41) is 15.4. The van der Waals surface area contributed by atoms with E-state index in [1.807, 2.05) is 0 Å². The van der Waals surface area contributed by atoms with Crippen molar-refractivity contribution in [1.29, 1.82) is 0 Å². The fraction of sp³-hybridized carbons (Fsp3) is 0.333. The molecule has 0 atom stereocenters. The van der Waals surface area contributed by atoms with Gasteiger partial charge in [0.15, 0.2) is 0 Å². The van der Waals surface area contributed by atoms with Crippen LogP contribution in [0, 0.1) is 0 Å². The molecule has 1 aliphatic rings. The van der Waals surface area contributed by atoms with Crippen LogP contribution in [-0.2, 0) is 0 Å². The topological polar surface area (TPSA) is 73.1 Å². The Balaban J connectivity index is 0.000000461. The first-order chi connectivity index (χ1) is 5.30. The molecule has 0 bridgehead atoms. The average Bonchev–Trinajstić information content (AvgIpc) is 2.10. The van der Waals surface area contributed by atoms with E-state index in [2.05, 4.69) is 4.99 Å². The Morgan fingerprint density at radius 2 is 2.27 bits per heavy atom. The van der Waals surface area contributed by atoms with Crippen molar-refractivity contribution in [2.24, 2.45) is 4.99 Å². The summed E-state index contributed by atoms with van der Waals surface area (Å²) >= 11 is 0. The van der Waals surface area contributed by atoms with Gasteiger partial charge in [0.2, 0.25) is 0 Å². The van der Waals surface area contributed by atoms with Gasteiger partial charge in [-0.3, -0.25) is 9.89 Å². The molecule has 0 unspecified atom stereocenters. The van der Waals surface area contributed by atoms with E-state index in [1.54, 1.807) is 0 Å². The van der Waals surface area contributed by atoms with Gasteiger partial charge < -0.3 is 10.2 Å². The van der Waals surface area contributed by atoms with E-state index >= 15 is 0 Å². The first-order valence-electron chi connectivity index (χ1n) is 2.93. The fourth-order valence-electron chi connectivity index (χ4n) is 0.518. The number of hydrogen-bond acceptors (Lipinski definition) is 3. The van der Waals surface area contributed by atoms with Gasteiger partial charge in [-0.25, -0.2) is 4.79 Å². The summed E-state index contributed by atoms with van der Waals surface area (Å²) in [7, 11) is 1.00. The van der Waals surface area contributed by atoms with Gasteiger partial charge in [-0.15, -0.1) is 0 Å². The van der Waals surface area contributed by atoms with Gasteiger partial charge in [0.1, 0.15) is 0 Å². The minimum absolute atomic E-state index is 0.353. The summed E-state index contributed by atoms with van der Waals surface area (Å²) in [6.07, 6.45) is 3.45. The second-order valence-electron chi connectivity index (χ2n) is 1.56. The van der Waals surface area contributed by atoms with Crippen LogP contribution in [0.5, 0.6) is 0 Å². The molecular weight excluding hydrogens is 148 g/mol. The molecule has 5 nitrogen and oxygen atoms in total. The van der Waals surface area contributed by atoms with Gasteiger partial charge >= 0.3 is 6.09 Å². The molecule has 0 spiro atoms. The molecule has 0 aromatic carbocycles. The van der Waals surface area contributed by atoms with Crippen molar-refractivity contribution in [3.05, 3.63) is 12.4 Å². The summed E-state index contributed by atoms with van der Waals surface area (Å²) in [6, 6.07) is 0. The molecule has 0 fully saturated rings. The summed E-state index contributed by atoms with van der Waals surface area (Å²) in [6.45, 7) is 0.353. The highest BCUT2D eigenvalue weighted by Gasteiger charge is 2.06. The van der Waals surface area contributed by atoms with Gasteiger partial charge in [-0.2, -0.15) is 0 Å². The summed E-state index contributed by atoms with van der Waals surface area (Å²) in [5.41, 5.74) is 0. The third kappa shape index (κ3) is 3.36. The Hall–Kier alpha value is -1.36. The van der Waals surface area contributed by atoms with Crippen LogP contribution in [0.3, 0.4) is 0 Å². The smallest absolute Gasteiger partial charge is 0.411 e. The minimum atomic E-state index is -0.947. The lowest BCUT2D eigenvalue weighted by molar-refractivity contribution is 0.167. The Kier molecular flexibility index (Phi) is 4.76. The molecule has 0 saturated heterocycles. The molecule has 0 aromatic rings. The van der Waals surface area contributed by atoms with Gasteiger partial charge in [0, 0.05) is 25.7 Å². The maximum atomic E-state index is 10.2. The molecule has 11 heavy (non-hydrogen) atoms. The van der Waals surface area contributed by atoms with Crippen molar-refractivity contribution >= 4 is 12.3 Å². The van der Waals surface area contributed by atoms with Crippen molar-refractivity contribution in [3.63, 3.8) is 0 Å². The SMILES string of the molecule is CO.O=C(O)N1C=CN=CC1. The minimum Gasteiger partial charge on any atom is -0.465 e. The third-order valence-electron chi connectivity index (χ3n) is 0.962. The summed E-state index contributed by atoms with van der Waals surface area (Å²) in [5.74, 6) is 0. The number of aliphatic hydroxyl groups is 1. The first-order valence-corrected chi connectivity index (χ1v) is 2.93. The number of hydrogen-bond donors (Lipinski definition) is 2. The molecule has 5 heteroatoms. The molecular formula is C6H10N2O3. The van der Waals surface area contributed by atoms with Gasteiger partial charge in [-0.1, -0.05) is 0 Å². The zero-order valence-electron chi connectivity index (χ0n) is 6.14. The summed E-state index contributed by atoms with van der Waals surface area (Å²) in [4.78, 5) is 15.0. The second kappa shape index (κ2) is 5.43. The number of amides is 1. The van der Waals surface area contributed by atoms with E-state index in [9.17, 15) is 4.79 Å². The molecule has 0 saturated carbocycles. The van der Waals surface area contributed by atoms with Crippen LogP contribution in [0.4, 0.5) is 4.79 Å². The zero-order chi connectivity index (χ0) is 8.69. The zero-order valence-corrected chi connectivity index (χ0v) is 6.14. The second-order valence-corrected chi connectivity index (χ2v) is 1.56. The van der Waals surface area contributed by atoms with Crippen LogP contribution in [0.15, 0.2) is 17.4 Å². The highest BCUT2D eigenvalue weighted by Crippen LogP contribution is 1.93. The van der Waals surface area contributed by atoms with Crippen LogP contribution in [-0.4, -0.2) is 41.1 Å². The number of carbonyl (C=O) groups is 1. The van der Waals surface area contributed by atoms with Crippen molar-refractivity contribution < 1.29 is 15.0 Å². The lowest BCUT2D eigenvalue weighted by Crippen LogP contribution is -2.26. The molecule has 1 rings (SSSR count). The van der Waals surface area contributed by atoms with Crippen molar-refractivity contribution in [2.75, 3.05) is 13.7 Å². The van der Waals surface area contributed by atoms with E-state index in [4.69, 9.17) is 10.2 Å². The quantitative estimate of drug-likeness (QED) is 0.526. The van der Waals surface area contributed by atoms with Gasteiger partial charge in [0.25, 0.3) is 0 Å². The van der Waals surface area contributed by atoms with E-state index < -0.39 is 6.09 Å². The van der Waals surface area contributed by atoms with E-state index in [-0.39, 0.29) is 0 Å². The van der Waals surface area contributed by atoms with Crippen LogP contribution < -0.4 is 0 Å². The first kappa shape index (κ1) is 9.64. The van der Waals surface area contributed by atoms with E-state index in [0.717, 1.165) is 12.0 Å². The molecule has 2 N–H and O–H groups in total. The Morgan fingerprint density at radius 1 is 1.64 bits per heavy atom. The highest BCUT2D eigenvalue weighted by atomic mass is 16.4. The Bertz CT molecular complexity index is 177. The molecule has 0 radical (unpaired) electrons. The van der Waals surface area contributed by atoms with Crippen molar-refractivity contribution in [1.82, 2.24) is 4.90 Å². The lowest BCUT2D eigenvalue weighted by Gasteiger charge is -2.11. The highest BCUT2D eigenvalue weighted by molar-refractivity contribution is 5.73. The normalized spacial score (nSPS) is 13.8. The van der Waals surface area contributed by atoms with Crippen LogP contribution in [0.1, 0.15) is 0 Å². The third-order valence-corrected chi connectivity index (χ3v) is 0.962. The standard InChI is InChI=1S/C5H6N2O2.CH4O/c8-5(9)7-3-1-6-2-4-7;1-2/h1-3H,4H2,(H,8,9);2H,1H3. The summed E-state index contributed by atoms with van der Waals surface area (Å²) < 4.78 is 0. The molecule has 1 aliphatic heterocycles. The number of nitrogens with zero attached hydrogens (tertiary/aromatic N) is 2. The van der Waals surface area contributed by atoms with Crippen LogP contribution in [0.25, 0.3) is 0 Å². The predicted molar refractivity (Wildman–Crippen MR) is 40.5 cm³/mol. The largest absolute Gasteiger partial charge is 0.465 e. The Morgan fingerprint density at radius 3 is 2.55 bits per heavy atom. The lowest BCUT2D eigenvalue weighted by atomic mass is 10.5. The van der Waals surface area contributed by atoms with E-state index in [1.165, 1.54) is 18.6 Å². The van der Waals surface area contributed by atoms with Gasteiger partial charge in [-0.05, 0) is 0 Å². The molecule has 0 aromatic heterocycles. The van der Waals surface area contributed by atoms with Gasteiger partial charge in [0.05, 0.1) is 6.54 Å². The Labute approximate surface area is 64.3 Å². The van der Waals surface area contributed by atoms with Crippen LogP contribution >= 0.6 is 0 Å². The maximum absolute atomic E-state index is 10.2. The number of aliphatic imine (C=N–C) groups is 1. The maximum Gasteiger partial charge on any atom is 0.411 e. The molecule has 62 valence electrons. The predicted octanol–water partition coefficient (Wildman–Crippen LogP) is 0.131. The molecule has 0 aliphatic carbocycles. The number of rotatable bonds is 0. The number of carboxylic acid groups (broad SMARTS) is 1. The van der Waals surface area contributed by atoms with E-state index in [0.29, 0.717) is 6.54 Å². The van der Waals surface area contributed by atoms with Crippen LogP contribution in [0.2, 0.25) is 0 Å². The average molecular weight is 158 g/mol. The molecule has 1 heterocycles. The monoisotopic (exact) mass is 158 g/mol. The molecule has 1 amide bonds.